The van der Waals surface area contributed by atoms with E-state index in [1.807, 2.05) is 48.1 Å². The highest BCUT2D eigenvalue weighted by molar-refractivity contribution is 6.06. The maximum absolute atomic E-state index is 11.8. The van der Waals surface area contributed by atoms with Gasteiger partial charge < -0.3 is 20.8 Å². The molecule has 5 aromatic rings. The van der Waals surface area contributed by atoms with Crippen molar-refractivity contribution in [2.45, 2.75) is 12.8 Å². The quantitative estimate of drug-likeness (QED) is 0.329. The van der Waals surface area contributed by atoms with Gasteiger partial charge in [0.15, 0.2) is 5.65 Å². The Morgan fingerprint density at radius 1 is 1.08 bits per heavy atom. The van der Waals surface area contributed by atoms with Crippen LogP contribution in [0, 0.1) is 0 Å². The van der Waals surface area contributed by atoms with Crippen LogP contribution in [0.15, 0.2) is 61.2 Å². The van der Waals surface area contributed by atoms with Gasteiger partial charge in [0, 0.05) is 53.1 Å². The van der Waals surface area contributed by atoms with Crippen LogP contribution in [0.2, 0.25) is 0 Å². The van der Waals surface area contributed by atoms with Crippen LogP contribution in [0.5, 0.6) is 5.75 Å². The standard InChI is InChI=1S/C22H18N6O2.C2H2F3NO/c1-28-11-18(15-8-19(21(23)29)26-22-17(15)10-25-27-22)16-7-14(4-5-20(16)28)30-12-13-3-2-6-24-9-13;3-2(4,5)1(6)7/h2-11H,12H2,1H3,(H2,23,29)(H,25,26,27);(H2,6,7). The first-order valence-electron chi connectivity index (χ1n) is 10.7. The Labute approximate surface area is 207 Å². The number of aromatic nitrogens is 5. The molecule has 10 nitrogen and oxygen atoms in total. The minimum absolute atomic E-state index is 0.183. The van der Waals surface area contributed by atoms with Gasteiger partial charge >= 0.3 is 12.1 Å². The van der Waals surface area contributed by atoms with Crippen LogP contribution in [-0.2, 0) is 18.4 Å². The summed E-state index contributed by atoms with van der Waals surface area (Å²) in [5, 5.41) is 8.71. The minimum atomic E-state index is -4.86. The number of hydrogen-bond acceptors (Lipinski definition) is 6. The van der Waals surface area contributed by atoms with E-state index in [4.69, 9.17) is 15.3 Å². The number of carbonyl (C=O) groups is 2. The van der Waals surface area contributed by atoms with E-state index in [0.717, 1.165) is 38.7 Å². The van der Waals surface area contributed by atoms with E-state index in [9.17, 15) is 18.0 Å². The Kier molecular flexibility index (Phi) is 6.78. The Morgan fingerprint density at radius 2 is 1.84 bits per heavy atom. The van der Waals surface area contributed by atoms with Crippen LogP contribution in [-0.4, -0.2) is 42.7 Å². The van der Waals surface area contributed by atoms with Crippen molar-refractivity contribution in [1.29, 1.82) is 0 Å². The number of alkyl halides is 3. The average Bonchev–Trinajstić information content (AvgIpc) is 3.47. The number of nitrogens with zero attached hydrogens (tertiary/aromatic N) is 4. The third-order valence-corrected chi connectivity index (χ3v) is 5.33. The molecule has 0 bridgehead atoms. The normalized spacial score (nSPS) is 11.2. The molecule has 0 saturated heterocycles. The molecule has 37 heavy (non-hydrogen) atoms. The van der Waals surface area contributed by atoms with Crippen LogP contribution in [0.1, 0.15) is 16.1 Å². The number of nitrogens with one attached hydrogen (secondary N) is 1. The maximum atomic E-state index is 11.8. The fourth-order valence-corrected chi connectivity index (χ4v) is 3.60. The van der Waals surface area contributed by atoms with E-state index in [2.05, 4.69) is 25.9 Å². The second-order valence-electron chi connectivity index (χ2n) is 7.90. The summed E-state index contributed by atoms with van der Waals surface area (Å²) in [5.74, 6) is -2.10. The highest BCUT2D eigenvalue weighted by Gasteiger charge is 2.35. The fraction of sp³-hybridized carbons (Fsp3) is 0.125. The summed E-state index contributed by atoms with van der Waals surface area (Å²) < 4.78 is 40.1. The zero-order chi connectivity index (χ0) is 26.7. The minimum Gasteiger partial charge on any atom is -0.489 e. The number of aryl methyl sites for hydroxylation is 1. The number of aromatic amines is 1. The highest BCUT2D eigenvalue weighted by Crippen LogP contribution is 2.36. The Bertz CT molecular complexity index is 1590. The van der Waals surface area contributed by atoms with Crippen molar-refractivity contribution >= 4 is 33.8 Å². The molecule has 4 heterocycles. The van der Waals surface area contributed by atoms with Crippen molar-refractivity contribution < 1.29 is 27.5 Å². The van der Waals surface area contributed by atoms with E-state index >= 15 is 0 Å². The molecule has 0 saturated carbocycles. The topological polar surface area (TPSA) is 155 Å². The third kappa shape index (κ3) is 5.50. The molecule has 0 radical (unpaired) electrons. The lowest BCUT2D eigenvalue weighted by molar-refractivity contribution is -0.169. The zero-order valence-corrected chi connectivity index (χ0v) is 19.3. The molecule has 0 aliphatic carbocycles. The number of fused-ring (bicyclic) bond motifs is 2. The predicted octanol–water partition coefficient (Wildman–Crippen LogP) is 3.22. The number of primary amides is 2. The average molecular weight is 511 g/mol. The highest BCUT2D eigenvalue weighted by atomic mass is 19.4. The number of pyridine rings is 2. The van der Waals surface area contributed by atoms with Crippen LogP contribution < -0.4 is 16.2 Å². The number of halogens is 3. The summed E-state index contributed by atoms with van der Waals surface area (Å²) >= 11 is 0. The molecule has 0 spiro atoms. The molecule has 0 aliphatic heterocycles. The van der Waals surface area contributed by atoms with Gasteiger partial charge in [0.1, 0.15) is 18.1 Å². The first-order valence-corrected chi connectivity index (χ1v) is 10.7. The monoisotopic (exact) mass is 511 g/mol. The maximum Gasteiger partial charge on any atom is 0.470 e. The lowest BCUT2D eigenvalue weighted by Crippen LogP contribution is -2.30. The van der Waals surface area contributed by atoms with Crippen molar-refractivity contribution in [3.63, 3.8) is 0 Å². The van der Waals surface area contributed by atoms with E-state index in [1.165, 1.54) is 0 Å². The molecule has 4 aromatic heterocycles. The SMILES string of the molecule is Cn1cc(-c2cc(C(N)=O)nc3[nH]ncc23)c2cc(OCc3cccnc3)ccc21.NC(=O)C(F)(F)F. The van der Waals surface area contributed by atoms with Crippen molar-refractivity contribution in [1.82, 2.24) is 24.7 Å². The van der Waals surface area contributed by atoms with E-state index < -0.39 is 18.0 Å². The largest absolute Gasteiger partial charge is 0.489 e. The molecule has 0 unspecified atom stereocenters. The number of ether oxygens (including phenoxy) is 1. The number of nitrogens with two attached hydrogens (primary N) is 2. The lowest BCUT2D eigenvalue weighted by Gasteiger charge is -2.08. The molecule has 2 amide bonds. The van der Waals surface area contributed by atoms with Gasteiger partial charge in [-0.3, -0.25) is 19.7 Å². The number of rotatable bonds is 5. The van der Waals surface area contributed by atoms with Crippen LogP contribution in [0.4, 0.5) is 13.2 Å². The summed E-state index contributed by atoms with van der Waals surface area (Å²) in [7, 11) is 1.98. The number of benzene rings is 1. The van der Waals surface area contributed by atoms with Crippen molar-refractivity contribution in [3.8, 4) is 16.9 Å². The molecule has 5 rings (SSSR count). The molecule has 190 valence electrons. The van der Waals surface area contributed by atoms with Gasteiger partial charge in [-0.05, 0) is 35.9 Å². The lowest BCUT2D eigenvalue weighted by atomic mass is 10.0. The second kappa shape index (κ2) is 9.97. The van der Waals surface area contributed by atoms with Gasteiger partial charge in [0.2, 0.25) is 0 Å². The number of carbonyl (C=O) groups excluding carboxylic acids is 2. The first-order chi connectivity index (χ1) is 17.5. The van der Waals surface area contributed by atoms with Gasteiger partial charge in [0.05, 0.1) is 6.20 Å². The molecule has 1 aromatic carbocycles. The summed E-state index contributed by atoms with van der Waals surface area (Å²) in [5.41, 5.74) is 13.8. The van der Waals surface area contributed by atoms with Gasteiger partial charge in [-0.25, -0.2) is 4.98 Å². The fourth-order valence-electron chi connectivity index (χ4n) is 3.60. The Balaban J connectivity index is 0.000000405. The van der Waals surface area contributed by atoms with Gasteiger partial charge in [-0.1, -0.05) is 6.07 Å². The van der Waals surface area contributed by atoms with Crippen LogP contribution >= 0.6 is 0 Å². The molecule has 0 aliphatic rings. The molecule has 5 N–H and O–H groups in total. The second-order valence-corrected chi connectivity index (χ2v) is 7.90. The van der Waals surface area contributed by atoms with E-state index in [-0.39, 0.29) is 5.69 Å². The number of H-pyrrole nitrogens is 1. The van der Waals surface area contributed by atoms with E-state index in [1.54, 1.807) is 24.7 Å². The Hall–Kier alpha value is -4.94. The third-order valence-electron chi connectivity index (χ3n) is 5.33. The van der Waals surface area contributed by atoms with Gasteiger partial charge in [-0.2, -0.15) is 18.3 Å². The molecule has 0 fully saturated rings. The van der Waals surface area contributed by atoms with Gasteiger partial charge in [0.25, 0.3) is 5.91 Å². The van der Waals surface area contributed by atoms with Crippen molar-refractivity contribution in [3.05, 3.63) is 72.4 Å². The van der Waals surface area contributed by atoms with Crippen LogP contribution in [0.3, 0.4) is 0 Å². The van der Waals surface area contributed by atoms with Gasteiger partial charge in [-0.15, -0.1) is 0 Å². The molecular formula is C24H20F3N7O3. The molecular weight excluding hydrogens is 491 g/mol. The van der Waals surface area contributed by atoms with Crippen LogP contribution in [0.25, 0.3) is 33.1 Å². The van der Waals surface area contributed by atoms with Crippen molar-refractivity contribution in [2.24, 2.45) is 18.5 Å². The summed E-state index contributed by atoms with van der Waals surface area (Å²) in [4.78, 5) is 29.3. The summed E-state index contributed by atoms with van der Waals surface area (Å²) in [6, 6.07) is 11.5. The summed E-state index contributed by atoms with van der Waals surface area (Å²) in [6.07, 6.45) is 2.37. The smallest absolute Gasteiger partial charge is 0.470 e. The Morgan fingerprint density at radius 3 is 2.49 bits per heavy atom. The number of amides is 2. The first kappa shape index (κ1) is 25.2. The zero-order valence-electron chi connectivity index (χ0n) is 19.3. The molecule has 13 heteroatoms. The predicted molar refractivity (Wildman–Crippen MR) is 128 cm³/mol. The summed E-state index contributed by atoms with van der Waals surface area (Å²) in [6.45, 7) is 0.425. The molecule has 0 atom stereocenters. The van der Waals surface area contributed by atoms with Crippen molar-refractivity contribution in [2.75, 3.05) is 0 Å². The van der Waals surface area contributed by atoms with E-state index in [0.29, 0.717) is 12.3 Å². The number of hydrogen-bond donors (Lipinski definition) is 3.